The summed E-state index contributed by atoms with van der Waals surface area (Å²) in [7, 11) is 2.06. The Bertz CT molecular complexity index is 314. The first kappa shape index (κ1) is 15.9. The summed E-state index contributed by atoms with van der Waals surface area (Å²) in [5, 5.41) is 0. The summed E-state index contributed by atoms with van der Waals surface area (Å²) in [4.78, 5) is 44.5. The van der Waals surface area contributed by atoms with E-state index in [1.165, 1.54) is 0 Å². The lowest BCUT2D eigenvalue weighted by Crippen LogP contribution is -2.46. The van der Waals surface area contributed by atoms with Gasteiger partial charge in [-0.2, -0.15) is 0 Å². The van der Waals surface area contributed by atoms with Crippen molar-refractivity contribution in [1.82, 2.24) is 0 Å². The molecule has 102 valence electrons. The highest BCUT2D eigenvalue weighted by Crippen LogP contribution is 2.10. The molecule has 0 radical (unpaired) electrons. The van der Waals surface area contributed by atoms with Gasteiger partial charge in [-0.3, -0.25) is 9.59 Å². The molecular formula is C10H14O8. The first-order chi connectivity index (χ1) is 8.33. The lowest BCUT2D eigenvalue weighted by molar-refractivity contribution is -0.188. The molecule has 0 heterocycles. The van der Waals surface area contributed by atoms with Crippen LogP contribution in [0.25, 0.3) is 0 Å². The molecule has 0 aromatic rings. The molecule has 0 saturated carbocycles. The van der Waals surface area contributed by atoms with Gasteiger partial charge in [-0.05, 0) is 0 Å². The quantitative estimate of drug-likeness (QED) is 0.468. The maximum atomic E-state index is 11.4. The Morgan fingerprint density at radius 2 is 1.00 bits per heavy atom. The van der Waals surface area contributed by atoms with Crippen molar-refractivity contribution >= 4 is 23.9 Å². The third kappa shape index (κ3) is 4.81. The van der Waals surface area contributed by atoms with Crippen LogP contribution in [0.3, 0.4) is 0 Å². The normalized spacial score (nSPS) is 12.9. The van der Waals surface area contributed by atoms with E-state index in [9.17, 15) is 19.2 Å². The highest BCUT2D eigenvalue weighted by Gasteiger charge is 2.41. The molecule has 0 aliphatic rings. The summed E-state index contributed by atoms with van der Waals surface area (Å²) in [5.74, 6) is -3.76. The minimum Gasteiger partial charge on any atom is -0.466 e. The standard InChI is InChI=1S/C10H14O8/c1-5(11)17-7(9(13)15-3)8(10(14)16-4)18-6(2)12/h7-8H,1-4H3/t7-,8-/m0/s1. The predicted octanol–water partition coefficient (Wildman–Crippen LogP) is -0.804. The number of hydrogen-bond acceptors (Lipinski definition) is 8. The van der Waals surface area contributed by atoms with E-state index >= 15 is 0 Å². The molecule has 2 atom stereocenters. The zero-order valence-corrected chi connectivity index (χ0v) is 10.4. The predicted molar refractivity (Wildman–Crippen MR) is 55.1 cm³/mol. The number of hydrogen-bond donors (Lipinski definition) is 0. The molecule has 0 spiro atoms. The zero-order chi connectivity index (χ0) is 14.3. The average Bonchev–Trinajstić information content (AvgIpc) is 2.30. The van der Waals surface area contributed by atoms with Gasteiger partial charge in [0.1, 0.15) is 0 Å². The molecule has 0 saturated heterocycles. The summed E-state index contributed by atoms with van der Waals surface area (Å²) in [6.45, 7) is 2.05. The third-order valence-corrected chi connectivity index (χ3v) is 1.73. The molecule has 0 rings (SSSR count). The van der Waals surface area contributed by atoms with E-state index < -0.39 is 36.1 Å². The third-order valence-electron chi connectivity index (χ3n) is 1.73. The monoisotopic (exact) mass is 262 g/mol. The van der Waals surface area contributed by atoms with Gasteiger partial charge in [0.25, 0.3) is 0 Å². The maximum absolute atomic E-state index is 11.4. The molecule has 0 aromatic heterocycles. The van der Waals surface area contributed by atoms with Crippen molar-refractivity contribution in [1.29, 1.82) is 0 Å². The van der Waals surface area contributed by atoms with Crippen molar-refractivity contribution in [3.05, 3.63) is 0 Å². The fourth-order valence-corrected chi connectivity index (χ4v) is 1.06. The lowest BCUT2D eigenvalue weighted by Gasteiger charge is -2.22. The zero-order valence-electron chi connectivity index (χ0n) is 10.4. The van der Waals surface area contributed by atoms with Crippen molar-refractivity contribution in [3.63, 3.8) is 0 Å². The molecule has 8 nitrogen and oxygen atoms in total. The Morgan fingerprint density at radius 3 is 1.17 bits per heavy atom. The van der Waals surface area contributed by atoms with Gasteiger partial charge >= 0.3 is 23.9 Å². The number of carbonyl (C=O) groups excluding carboxylic acids is 4. The van der Waals surface area contributed by atoms with E-state index in [1.807, 2.05) is 0 Å². The van der Waals surface area contributed by atoms with E-state index in [2.05, 4.69) is 18.9 Å². The summed E-state index contributed by atoms with van der Waals surface area (Å²) < 4.78 is 17.9. The Balaban J connectivity index is 5.17. The lowest BCUT2D eigenvalue weighted by atomic mass is 10.2. The topological polar surface area (TPSA) is 105 Å². The average molecular weight is 262 g/mol. The van der Waals surface area contributed by atoms with Crippen molar-refractivity contribution < 1.29 is 38.1 Å². The maximum Gasteiger partial charge on any atom is 0.351 e. The van der Waals surface area contributed by atoms with Crippen LogP contribution in [-0.4, -0.2) is 50.3 Å². The Morgan fingerprint density at radius 1 is 0.722 bits per heavy atom. The van der Waals surface area contributed by atoms with Crippen LogP contribution in [0.4, 0.5) is 0 Å². The summed E-state index contributed by atoms with van der Waals surface area (Å²) in [6, 6.07) is 0. The Hall–Kier alpha value is -2.12. The van der Waals surface area contributed by atoms with Crippen molar-refractivity contribution in [2.75, 3.05) is 14.2 Å². The number of methoxy groups -OCH3 is 2. The molecule has 0 unspecified atom stereocenters. The molecular weight excluding hydrogens is 248 g/mol. The second-order valence-corrected chi connectivity index (χ2v) is 3.11. The van der Waals surface area contributed by atoms with E-state index in [4.69, 9.17) is 0 Å². The fraction of sp³-hybridized carbons (Fsp3) is 0.600. The van der Waals surface area contributed by atoms with Gasteiger partial charge in [0.2, 0.25) is 12.2 Å². The number of esters is 4. The van der Waals surface area contributed by atoms with Gasteiger partial charge in [-0.25, -0.2) is 9.59 Å². The second-order valence-electron chi connectivity index (χ2n) is 3.11. The van der Waals surface area contributed by atoms with Gasteiger partial charge < -0.3 is 18.9 Å². The van der Waals surface area contributed by atoms with E-state index in [-0.39, 0.29) is 0 Å². The van der Waals surface area contributed by atoms with E-state index in [1.54, 1.807) is 0 Å². The van der Waals surface area contributed by atoms with Crippen LogP contribution in [0.1, 0.15) is 13.8 Å². The number of carbonyl (C=O) groups is 4. The van der Waals surface area contributed by atoms with Gasteiger partial charge in [-0.1, -0.05) is 0 Å². The van der Waals surface area contributed by atoms with Gasteiger partial charge in [-0.15, -0.1) is 0 Å². The van der Waals surface area contributed by atoms with Crippen LogP contribution in [-0.2, 0) is 38.1 Å². The minimum atomic E-state index is -1.70. The molecule has 0 aliphatic carbocycles. The summed E-state index contributed by atoms with van der Waals surface area (Å²) >= 11 is 0. The van der Waals surface area contributed by atoms with Gasteiger partial charge in [0, 0.05) is 13.8 Å². The van der Waals surface area contributed by atoms with E-state index in [0.717, 1.165) is 28.1 Å². The van der Waals surface area contributed by atoms with Crippen molar-refractivity contribution in [2.24, 2.45) is 0 Å². The van der Waals surface area contributed by atoms with Crippen LogP contribution in [0.2, 0.25) is 0 Å². The molecule has 0 amide bonds. The highest BCUT2D eigenvalue weighted by molar-refractivity contribution is 5.88. The van der Waals surface area contributed by atoms with Crippen LogP contribution in [0.15, 0.2) is 0 Å². The Kier molecular flexibility index (Phi) is 6.40. The van der Waals surface area contributed by atoms with Crippen molar-refractivity contribution in [3.8, 4) is 0 Å². The molecule has 0 fully saturated rings. The second kappa shape index (κ2) is 7.25. The smallest absolute Gasteiger partial charge is 0.351 e. The number of ether oxygens (including phenoxy) is 4. The molecule has 18 heavy (non-hydrogen) atoms. The largest absolute Gasteiger partial charge is 0.466 e. The molecule has 8 heteroatoms. The van der Waals surface area contributed by atoms with Crippen LogP contribution >= 0.6 is 0 Å². The number of rotatable bonds is 5. The summed E-state index contributed by atoms with van der Waals surface area (Å²) in [5.41, 5.74) is 0. The molecule has 0 N–H and O–H groups in total. The summed E-state index contributed by atoms with van der Waals surface area (Å²) in [6.07, 6.45) is -3.41. The van der Waals surface area contributed by atoms with Crippen LogP contribution in [0.5, 0.6) is 0 Å². The minimum absolute atomic E-state index is 0.841. The van der Waals surface area contributed by atoms with Gasteiger partial charge in [0.15, 0.2) is 0 Å². The molecule has 0 bridgehead atoms. The Labute approximate surface area is 103 Å². The van der Waals surface area contributed by atoms with Crippen molar-refractivity contribution in [2.45, 2.75) is 26.1 Å². The molecule has 0 aliphatic heterocycles. The van der Waals surface area contributed by atoms with Crippen LogP contribution < -0.4 is 0 Å². The highest BCUT2D eigenvalue weighted by atomic mass is 16.6. The first-order valence-electron chi connectivity index (χ1n) is 4.83. The van der Waals surface area contributed by atoms with Crippen LogP contribution in [0, 0.1) is 0 Å². The van der Waals surface area contributed by atoms with E-state index in [0.29, 0.717) is 0 Å². The fourth-order valence-electron chi connectivity index (χ4n) is 1.06. The SMILES string of the molecule is COC(=O)[C@@H](OC(C)=O)[C@H](OC(C)=O)C(=O)OC. The van der Waals surface area contributed by atoms with Gasteiger partial charge in [0.05, 0.1) is 14.2 Å². The molecule has 0 aromatic carbocycles. The first-order valence-corrected chi connectivity index (χ1v) is 4.83.